The molecule has 1 atom stereocenters. The molecule has 1 aliphatic rings. The van der Waals surface area contributed by atoms with Crippen LogP contribution in [0.25, 0.3) is 0 Å². The molecule has 1 amide bonds. The lowest BCUT2D eigenvalue weighted by atomic mass is 10.0. The number of carbonyl (C=O) groups is 1. The highest BCUT2D eigenvalue weighted by Gasteiger charge is 2.23. The van der Waals surface area contributed by atoms with E-state index in [-0.39, 0.29) is 23.3 Å². The maximum atomic E-state index is 12.6. The van der Waals surface area contributed by atoms with Gasteiger partial charge < -0.3 is 14.3 Å². The molecule has 5 nitrogen and oxygen atoms in total. The van der Waals surface area contributed by atoms with Crippen molar-refractivity contribution in [1.29, 1.82) is 0 Å². The van der Waals surface area contributed by atoms with Gasteiger partial charge in [0.15, 0.2) is 5.76 Å². The number of pyridine rings is 1. The third-order valence-corrected chi connectivity index (χ3v) is 5.50. The summed E-state index contributed by atoms with van der Waals surface area (Å²) in [5, 5.41) is 3.07. The average molecular weight is 366 g/mol. The highest BCUT2D eigenvalue weighted by Crippen LogP contribution is 2.35. The molecule has 1 aromatic carbocycles. The number of nitrogens with one attached hydrogen (secondary N) is 1. The van der Waals surface area contributed by atoms with E-state index >= 15 is 0 Å². The van der Waals surface area contributed by atoms with Crippen molar-refractivity contribution in [3.8, 4) is 0 Å². The van der Waals surface area contributed by atoms with E-state index in [1.807, 2.05) is 23.9 Å². The van der Waals surface area contributed by atoms with Crippen molar-refractivity contribution in [3.05, 3.63) is 88.2 Å². The zero-order valence-corrected chi connectivity index (χ0v) is 14.9. The first kappa shape index (κ1) is 16.7. The zero-order chi connectivity index (χ0) is 17.9. The Hall–Kier alpha value is -2.73. The molecule has 6 heteroatoms. The molecule has 132 valence electrons. The van der Waals surface area contributed by atoms with Crippen LogP contribution in [-0.2, 0) is 6.54 Å². The van der Waals surface area contributed by atoms with Crippen LogP contribution < -0.4 is 10.9 Å². The Kier molecular flexibility index (Phi) is 4.67. The number of aromatic nitrogens is 1. The van der Waals surface area contributed by atoms with Gasteiger partial charge in [-0.2, -0.15) is 0 Å². The molecule has 0 fully saturated rings. The van der Waals surface area contributed by atoms with Crippen LogP contribution >= 0.6 is 11.8 Å². The van der Waals surface area contributed by atoms with E-state index in [9.17, 15) is 9.59 Å². The number of amides is 1. The molecule has 0 spiro atoms. The summed E-state index contributed by atoms with van der Waals surface area (Å²) in [5.74, 6) is 1.58. The van der Waals surface area contributed by atoms with Crippen LogP contribution in [0.1, 0.15) is 34.3 Å². The summed E-state index contributed by atoms with van der Waals surface area (Å²) in [4.78, 5) is 25.6. The SMILES string of the molecule is O=C(NC1CCSc2ccccc21)c1ccc(Cn2ccccc2=O)o1. The third kappa shape index (κ3) is 3.46. The predicted molar refractivity (Wildman–Crippen MR) is 101 cm³/mol. The first-order valence-electron chi connectivity index (χ1n) is 8.47. The number of hydrogen-bond acceptors (Lipinski definition) is 4. The van der Waals surface area contributed by atoms with Crippen molar-refractivity contribution < 1.29 is 9.21 Å². The molecule has 2 aromatic heterocycles. The molecular formula is C20H18N2O3S. The second-order valence-corrected chi connectivity index (χ2v) is 7.27. The first-order valence-corrected chi connectivity index (χ1v) is 9.46. The lowest BCUT2D eigenvalue weighted by molar-refractivity contribution is 0.0905. The third-order valence-electron chi connectivity index (χ3n) is 4.37. The van der Waals surface area contributed by atoms with Crippen LogP contribution in [0.4, 0.5) is 0 Å². The van der Waals surface area contributed by atoms with Gasteiger partial charge in [0.1, 0.15) is 5.76 Å². The van der Waals surface area contributed by atoms with Gasteiger partial charge in [0.05, 0.1) is 12.6 Å². The molecule has 0 radical (unpaired) electrons. The largest absolute Gasteiger partial charge is 0.454 e. The predicted octanol–water partition coefficient (Wildman–Crippen LogP) is 3.46. The van der Waals surface area contributed by atoms with Crippen LogP contribution in [-0.4, -0.2) is 16.2 Å². The maximum Gasteiger partial charge on any atom is 0.287 e. The number of nitrogens with zero attached hydrogens (tertiary/aromatic N) is 1. The van der Waals surface area contributed by atoms with Crippen LogP contribution in [0.5, 0.6) is 0 Å². The molecule has 1 unspecified atom stereocenters. The van der Waals surface area contributed by atoms with Crippen molar-refractivity contribution in [2.45, 2.75) is 23.9 Å². The summed E-state index contributed by atoms with van der Waals surface area (Å²) in [6.45, 7) is 0.301. The van der Waals surface area contributed by atoms with Crippen molar-refractivity contribution >= 4 is 17.7 Å². The van der Waals surface area contributed by atoms with Gasteiger partial charge in [-0.15, -0.1) is 11.8 Å². The Morgan fingerprint density at radius 2 is 2.00 bits per heavy atom. The molecule has 3 aromatic rings. The summed E-state index contributed by atoms with van der Waals surface area (Å²) in [7, 11) is 0. The van der Waals surface area contributed by atoms with Crippen LogP contribution in [0, 0.1) is 0 Å². The van der Waals surface area contributed by atoms with Gasteiger partial charge in [-0.3, -0.25) is 9.59 Å². The number of thioether (sulfide) groups is 1. The van der Waals surface area contributed by atoms with E-state index in [0.717, 1.165) is 17.7 Å². The minimum absolute atomic E-state index is 0.00903. The van der Waals surface area contributed by atoms with Gasteiger partial charge in [-0.1, -0.05) is 24.3 Å². The maximum absolute atomic E-state index is 12.6. The second kappa shape index (κ2) is 7.25. The zero-order valence-electron chi connectivity index (χ0n) is 14.1. The molecule has 3 heterocycles. The molecule has 1 aliphatic heterocycles. The van der Waals surface area contributed by atoms with Crippen molar-refractivity contribution in [2.24, 2.45) is 0 Å². The number of rotatable bonds is 4. The highest BCUT2D eigenvalue weighted by atomic mass is 32.2. The summed E-state index contributed by atoms with van der Waals surface area (Å²) >= 11 is 1.81. The molecule has 4 rings (SSSR count). The number of benzene rings is 1. The Balaban J connectivity index is 1.48. The van der Waals surface area contributed by atoms with Gasteiger partial charge in [0.25, 0.3) is 11.5 Å². The van der Waals surface area contributed by atoms with Crippen molar-refractivity contribution in [3.63, 3.8) is 0 Å². The lowest BCUT2D eigenvalue weighted by Crippen LogP contribution is -2.30. The molecule has 0 saturated carbocycles. The Labute approximate surface area is 155 Å². The Morgan fingerprint density at radius 1 is 1.15 bits per heavy atom. The molecule has 0 aliphatic carbocycles. The van der Waals surface area contributed by atoms with Crippen LogP contribution in [0.3, 0.4) is 0 Å². The molecular weight excluding hydrogens is 348 g/mol. The van der Waals surface area contributed by atoms with E-state index in [1.54, 1.807) is 30.5 Å². The van der Waals surface area contributed by atoms with Gasteiger partial charge in [-0.25, -0.2) is 0 Å². The molecule has 1 N–H and O–H groups in total. The van der Waals surface area contributed by atoms with Crippen LogP contribution in [0.2, 0.25) is 0 Å². The Morgan fingerprint density at radius 3 is 2.88 bits per heavy atom. The minimum atomic E-state index is -0.233. The first-order chi connectivity index (χ1) is 12.7. The van der Waals surface area contributed by atoms with Gasteiger partial charge in [0.2, 0.25) is 0 Å². The van der Waals surface area contributed by atoms with E-state index < -0.39 is 0 Å². The van der Waals surface area contributed by atoms with Crippen LogP contribution in [0.15, 0.2) is 74.9 Å². The summed E-state index contributed by atoms with van der Waals surface area (Å²) < 4.78 is 7.19. The van der Waals surface area contributed by atoms with Gasteiger partial charge in [-0.05, 0) is 36.2 Å². The number of carbonyl (C=O) groups excluding carboxylic acids is 1. The average Bonchev–Trinajstić information content (AvgIpc) is 3.13. The second-order valence-electron chi connectivity index (χ2n) is 6.13. The fourth-order valence-electron chi connectivity index (χ4n) is 3.07. The van der Waals surface area contributed by atoms with E-state index in [1.165, 1.54) is 15.5 Å². The molecule has 0 saturated heterocycles. The number of hydrogen-bond donors (Lipinski definition) is 1. The van der Waals surface area contributed by atoms with E-state index in [0.29, 0.717) is 12.3 Å². The minimum Gasteiger partial charge on any atom is -0.454 e. The normalized spacial score (nSPS) is 16.1. The highest BCUT2D eigenvalue weighted by molar-refractivity contribution is 7.99. The smallest absolute Gasteiger partial charge is 0.287 e. The summed E-state index contributed by atoms with van der Waals surface area (Å²) in [6.07, 6.45) is 2.58. The van der Waals surface area contributed by atoms with Gasteiger partial charge in [0, 0.05) is 22.9 Å². The standard InChI is InChI=1S/C20H18N2O3S/c23-19-7-3-4-11-22(19)13-14-8-9-17(25-14)20(24)21-16-10-12-26-18-6-2-1-5-15(16)18/h1-9,11,16H,10,12-13H2,(H,21,24). The van der Waals surface area contributed by atoms with Crippen molar-refractivity contribution in [2.75, 3.05) is 5.75 Å². The summed E-state index contributed by atoms with van der Waals surface area (Å²) in [6, 6.07) is 16.5. The lowest BCUT2D eigenvalue weighted by Gasteiger charge is -2.25. The monoisotopic (exact) mass is 366 g/mol. The number of furan rings is 1. The Bertz CT molecular complexity index is 992. The molecule has 0 bridgehead atoms. The number of fused-ring (bicyclic) bond motifs is 1. The molecule has 26 heavy (non-hydrogen) atoms. The van der Waals surface area contributed by atoms with Gasteiger partial charge >= 0.3 is 0 Å². The fraction of sp³-hybridized carbons (Fsp3) is 0.200. The van der Waals surface area contributed by atoms with Crippen molar-refractivity contribution in [1.82, 2.24) is 9.88 Å². The van der Waals surface area contributed by atoms with E-state index in [4.69, 9.17) is 4.42 Å². The fourth-order valence-corrected chi connectivity index (χ4v) is 4.19. The quantitative estimate of drug-likeness (QED) is 0.768. The summed E-state index contributed by atoms with van der Waals surface area (Å²) in [5.41, 5.74) is 1.05. The van der Waals surface area contributed by atoms with E-state index in [2.05, 4.69) is 17.4 Å². The topological polar surface area (TPSA) is 64.2 Å².